The van der Waals surface area contributed by atoms with Gasteiger partial charge < -0.3 is 19.5 Å². The Balaban J connectivity index is 1.39. The van der Waals surface area contributed by atoms with Crippen molar-refractivity contribution in [3.05, 3.63) is 54.5 Å². The molecule has 0 radical (unpaired) electrons. The third-order valence-electron chi connectivity index (χ3n) is 5.77. The first-order valence-corrected chi connectivity index (χ1v) is 10.0. The molecule has 1 aromatic carbocycles. The molecule has 7 heteroatoms. The van der Waals surface area contributed by atoms with Crippen LogP contribution in [0.25, 0.3) is 11.0 Å². The van der Waals surface area contributed by atoms with Crippen LogP contribution < -0.4 is 4.90 Å². The van der Waals surface area contributed by atoms with Gasteiger partial charge in [-0.2, -0.15) is 0 Å². The molecule has 1 aliphatic heterocycles. The van der Waals surface area contributed by atoms with Gasteiger partial charge in [0, 0.05) is 26.3 Å². The molecule has 7 nitrogen and oxygen atoms in total. The first kappa shape index (κ1) is 19.4. The van der Waals surface area contributed by atoms with Crippen LogP contribution in [0.5, 0.6) is 0 Å². The highest BCUT2D eigenvalue weighted by molar-refractivity contribution is 5.87. The van der Waals surface area contributed by atoms with Gasteiger partial charge in [0.15, 0.2) is 0 Å². The van der Waals surface area contributed by atoms with Gasteiger partial charge in [-0.3, -0.25) is 4.79 Å². The summed E-state index contributed by atoms with van der Waals surface area (Å²) in [6.07, 6.45) is 4.42. The second-order valence-corrected chi connectivity index (χ2v) is 7.70. The van der Waals surface area contributed by atoms with Gasteiger partial charge in [-0.15, -0.1) is 0 Å². The number of nitrogens with one attached hydrogen (secondary N) is 1. The van der Waals surface area contributed by atoms with Crippen LogP contribution in [0, 0.1) is 5.92 Å². The molecular weight excluding hydrogens is 366 g/mol. The lowest BCUT2D eigenvalue weighted by molar-refractivity contribution is -0.138. The summed E-state index contributed by atoms with van der Waals surface area (Å²) in [7, 11) is 2.05. The fourth-order valence-corrected chi connectivity index (χ4v) is 4.00. The number of rotatable bonds is 6. The highest BCUT2D eigenvalue weighted by Crippen LogP contribution is 2.28. The number of aromatic amines is 1. The number of amides is 1. The molecule has 29 heavy (non-hydrogen) atoms. The molecule has 0 bridgehead atoms. The summed E-state index contributed by atoms with van der Waals surface area (Å²) < 4.78 is 5.66. The lowest BCUT2D eigenvalue weighted by Gasteiger charge is -2.42. The Morgan fingerprint density at radius 1 is 1.28 bits per heavy atom. The molecule has 152 valence electrons. The highest BCUT2D eigenvalue weighted by Gasteiger charge is 2.32. The molecule has 2 aromatic heterocycles. The number of likely N-dealkylation sites (tertiary alicyclic amines) is 1. The number of hydrogen-bond donors (Lipinski definition) is 1. The van der Waals surface area contributed by atoms with Crippen LogP contribution in [-0.2, 0) is 16.1 Å². The molecule has 0 aliphatic carbocycles. The Bertz CT molecular complexity index is 958. The predicted octanol–water partition coefficient (Wildman–Crippen LogP) is 2.85. The maximum Gasteiger partial charge on any atom is 0.248 e. The minimum Gasteiger partial charge on any atom is -0.367 e. The van der Waals surface area contributed by atoms with Crippen molar-refractivity contribution < 1.29 is 9.53 Å². The van der Waals surface area contributed by atoms with E-state index in [1.165, 1.54) is 0 Å². The zero-order chi connectivity index (χ0) is 20.2. The van der Waals surface area contributed by atoms with E-state index in [9.17, 15) is 4.79 Å². The summed E-state index contributed by atoms with van der Waals surface area (Å²) in [5.74, 6) is 1.39. The third-order valence-corrected chi connectivity index (χ3v) is 5.77. The number of hydrogen-bond acceptors (Lipinski definition) is 5. The van der Waals surface area contributed by atoms with Crippen molar-refractivity contribution in [3.63, 3.8) is 0 Å². The number of carbonyl (C=O) groups excluding carboxylic acids is 1. The van der Waals surface area contributed by atoms with E-state index in [0.29, 0.717) is 19.1 Å². The predicted molar refractivity (Wildman–Crippen MR) is 113 cm³/mol. The van der Waals surface area contributed by atoms with Crippen LogP contribution in [0.3, 0.4) is 0 Å². The average Bonchev–Trinajstić information content (AvgIpc) is 3.23. The van der Waals surface area contributed by atoms with Crippen LogP contribution in [0.15, 0.2) is 48.9 Å². The van der Waals surface area contributed by atoms with Gasteiger partial charge in [0.2, 0.25) is 5.91 Å². The summed E-state index contributed by atoms with van der Waals surface area (Å²) in [5, 5.41) is 0.997. The van der Waals surface area contributed by atoms with Gasteiger partial charge >= 0.3 is 0 Å². The van der Waals surface area contributed by atoms with E-state index in [0.717, 1.165) is 35.4 Å². The molecular formula is C22H27N5O2. The maximum atomic E-state index is 12.7. The number of likely N-dealkylation sites (N-methyl/N-ethyl adjacent to an activating group) is 1. The number of H-pyrrole nitrogens is 1. The zero-order valence-electron chi connectivity index (χ0n) is 16.9. The molecule has 0 unspecified atom stereocenters. The van der Waals surface area contributed by atoms with E-state index < -0.39 is 0 Å². The Kier molecular flexibility index (Phi) is 5.76. The first-order chi connectivity index (χ1) is 14.1. The molecule has 1 amide bonds. The number of aromatic nitrogens is 3. The number of benzene rings is 1. The number of fused-ring (bicyclic) bond motifs is 1. The Hall–Kier alpha value is -2.93. The zero-order valence-corrected chi connectivity index (χ0v) is 16.9. The van der Waals surface area contributed by atoms with Crippen molar-refractivity contribution in [3.8, 4) is 0 Å². The largest absolute Gasteiger partial charge is 0.367 e. The smallest absolute Gasteiger partial charge is 0.248 e. The van der Waals surface area contributed by atoms with Crippen LogP contribution in [0.4, 0.5) is 5.82 Å². The summed E-state index contributed by atoms with van der Waals surface area (Å²) >= 11 is 0. The van der Waals surface area contributed by atoms with Crippen molar-refractivity contribution >= 4 is 22.8 Å². The van der Waals surface area contributed by atoms with E-state index in [1.54, 1.807) is 6.33 Å². The number of piperidine rings is 1. The monoisotopic (exact) mass is 393 g/mol. The molecule has 0 spiro atoms. The van der Waals surface area contributed by atoms with Gasteiger partial charge in [-0.25, -0.2) is 9.97 Å². The summed E-state index contributed by atoms with van der Waals surface area (Å²) in [6.45, 7) is 4.23. The van der Waals surface area contributed by atoms with Crippen molar-refractivity contribution in [1.29, 1.82) is 0 Å². The van der Waals surface area contributed by atoms with E-state index in [1.807, 2.05) is 47.5 Å². The molecule has 2 atom stereocenters. The molecule has 3 aromatic rings. The van der Waals surface area contributed by atoms with Crippen LogP contribution in [0.2, 0.25) is 0 Å². The van der Waals surface area contributed by atoms with Crippen LogP contribution >= 0.6 is 0 Å². The third kappa shape index (κ3) is 4.24. The van der Waals surface area contributed by atoms with Gasteiger partial charge in [0.05, 0.1) is 18.0 Å². The minimum atomic E-state index is 0.0423. The van der Waals surface area contributed by atoms with Crippen molar-refractivity contribution in [2.24, 2.45) is 5.92 Å². The van der Waals surface area contributed by atoms with Gasteiger partial charge in [-0.05, 0) is 24.0 Å². The lowest BCUT2D eigenvalue weighted by Crippen LogP contribution is -2.53. The molecule has 1 saturated heterocycles. The molecule has 1 aliphatic rings. The fourth-order valence-electron chi connectivity index (χ4n) is 4.00. The highest BCUT2D eigenvalue weighted by atomic mass is 16.5. The van der Waals surface area contributed by atoms with Crippen molar-refractivity contribution in [1.82, 2.24) is 19.9 Å². The molecule has 1 fully saturated rings. The quantitative estimate of drug-likeness (QED) is 0.697. The second-order valence-electron chi connectivity index (χ2n) is 7.70. The maximum absolute atomic E-state index is 12.7. The van der Waals surface area contributed by atoms with E-state index in [2.05, 4.69) is 33.8 Å². The molecule has 0 saturated carbocycles. The molecule has 4 rings (SSSR count). The fraction of sp³-hybridized carbons (Fsp3) is 0.409. The average molecular weight is 393 g/mol. The number of ether oxygens (including phenoxy) is 1. The first-order valence-electron chi connectivity index (χ1n) is 10.0. The van der Waals surface area contributed by atoms with E-state index in [-0.39, 0.29) is 18.6 Å². The van der Waals surface area contributed by atoms with Gasteiger partial charge in [-0.1, -0.05) is 37.3 Å². The topological polar surface area (TPSA) is 74.3 Å². The van der Waals surface area contributed by atoms with Crippen molar-refractivity contribution in [2.45, 2.75) is 26.0 Å². The number of carbonyl (C=O) groups is 1. The Labute approximate surface area is 170 Å². The molecule has 1 N–H and O–H groups in total. The molecule has 3 heterocycles. The summed E-state index contributed by atoms with van der Waals surface area (Å²) in [6, 6.07) is 12.1. The number of nitrogens with zero attached hydrogens (tertiary/aromatic N) is 4. The summed E-state index contributed by atoms with van der Waals surface area (Å²) in [5.41, 5.74) is 1.90. The normalized spacial score (nSPS) is 19.4. The van der Waals surface area contributed by atoms with E-state index in [4.69, 9.17) is 4.74 Å². The van der Waals surface area contributed by atoms with Crippen molar-refractivity contribution in [2.75, 3.05) is 31.6 Å². The van der Waals surface area contributed by atoms with Crippen LogP contribution in [0.1, 0.15) is 18.9 Å². The summed E-state index contributed by atoms with van der Waals surface area (Å²) in [4.78, 5) is 28.7. The number of anilines is 1. The standard InChI is InChI=1S/C22H27N5O2/c1-16-9-11-27(20(28)14-29-13-17-6-4-3-5-7-17)12-19(16)26(2)22-18-8-10-23-21(18)24-15-25-22/h3-8,10,15-16,19H,9,11-14H2,1-2H3,(H,23,24,25)/t16-,19-/m0/s1. The Morgan fingerprint density at radius 2 is 2.10 bits per heavy atom. The van der Waals surface area contributed by atoms with Gasteiger partial charge in [0.1, 0.15) is 24.4 Å². The van der Waals surface area contributed by atoms with Gasteiger partial charge in [0.25, 0.3) is 0 Å². The van der Waals surface area contributed by atoms with E-state index >= 15 is 0 Å². The van der Waals surface area contributed by atoms with Crippen LogP contribution in [-0.4, -0.2) is 58.5 Å². The second kappa shape index (κ2) is 8.61. The SMILES string of the molecule is C[C@H]1CCN(C(=O)COCc2ccccc2)C[C@@H]1N(C)c1ncnc2[nH]ccc12. The minimum absolute atomic E-state index is 0.0423. The Morgan fingerprint density at radius 3 is 2.93 bits per heavy atom. The lowest BCUT2D eigenvalue weighted by atomic mass is 9.92.